The second kappa shape index (κ2) is 4.66. The number of nitrogens with one attached hydrogen (secondary N) is 1. The molecule has 1 aromatic carbocycles. The van der Waals surface area contributed by atoms with Crippen molar-refractivity contribution in [2.45, 2.75) is 0 Å². The molecule has 0 spiro atoms. The van der Waals surface area contributed by atoms with Gasteiger partial charge in [0.05, 0.1) is 12.2 Å². The van der Waals surface area contributed by atoms with Crippen LogP contribution in [0.4, 0.5) is 8.78 Å². The molecule has 0 bridgehead atoms. The van der Waals surface area contributed by atoms with E-state index < -0.39 is 17.5 Å². The van der Waals surface area contributed by atoms with Crippen LogP contribution < -0.4 is 5.32 Å². The molecule has 0 saturated carbocycles. The largest absolute Gasteiger partial charge is 0.395 e. The molecule has 1 amide bonds. The number of rotatable bonds is 3. The van der Waals surface area contributed by atoms with E-state index in [0.29, 0.717) is 0 Å². The average Bonchev–Trinajstić information content (AvgIpc) is 2.18. The Labute approximate surface area is 79.4 Å². The number of hydrogen-bond acceptors (Lipinski definition) is 2. The SMILES string of the molecule is O=C(NCCO)c1cccc(F)c1F. The summed E-state index contributed by atoms with van der Waals surface area (Å²) in [5, 5.41) is 10.6. The van der Waals surface area contributed by atoms with Crippen molar-refractivity contribution in [3.05, 3.63) is 35.4 Å². The van der Waals surface area contributed by atoms with Crippen molar-refractivity contribution in [2.24, 2.45) is 0 Å². The first-order chi connectivity index (χ1) is 6.66. The second-order valence-corrected chi connectivity index (χ2v) is 2.58. The summed E-state index contributed by atoms with van der Waals surface area (Å²) in [5.74, 6) is -2.99. The minimum absolute atomic E-state index is 0.00872. The summed E-state index contributed by atoms with van der Waals surface area (Å²) >= 11 is 0. The number of hydrogen-bond donors (Lipinski definition) is 2. The highest BCUT2D eigenvalue weighted by Crippen LogP contribution is 2.10. The Morgan fingerprint density at radius 2 is 2.14 bits per heavy atom. The van der Waals surface area contributed by atoms with Gasteiger partial charge in [0.15, 0.2) is 11.6 Å². The molecule has 0 aliphatic rings. The van der Waals surface area contributed by atoms with E-state index in [9.17, 15) is 13.6 Å². The number of aliphatic hydroxyl groups is 1. The number of benzene rings is 1. The number of amides is 1. The molecule has 0 aromatic heterocycles. The summed E-state index contributed by atoms with van der Waals surface area (Å²) in [6.07, 6.45) is 0. The van der Waals surface area contributed by atoms with Crippen molar-refractivity contribution in [3.63, 3.8) is 0 Å². The van der Waals surface area contributed by atoms with Crippen LogP contribution in [0.5, 0.6) is 0 Å². The Morgan fingerprint density at radius 1 is 1.43 bits per heavy atom. The van der Waals surface area contributed by atoms with E-state index in [0.717, 1.165) is 6.07 Å². The van der Waals surface area contributed by atoms with E-state index in [1.54, 1.807) is 0 Å². The molecule has 0 aliphatic heterocycles. The smallest absolute Gasteiger partial charge is 0.254 e. The van der Waals surface area contributed by atoms with Crippen LogP contribution in [0.1, 0.15) is 10.4 Å². The number of carbonyl (C=O) groups is 1. The zero-order valence-electron chi connectivity index (χ0n) is 7.26. The molecule has 0 aliphatic carbocycles. The zero-order chi connectivity index (χ0) is 10.6. The quantitative estimate of drug-likeness (QED) is 0.755. The maximum Gasteiger partial charge on any atom is 0.254 e. The summed E-state index contributed by atoms with van der Waals surface area (Å²) in [6, 6.07) is 3.34. The van der Waals surface area contributed by atoms with E-state index in [1.165, 1.54) is 12.1 Å². The van der Waals surface area contributed by atoms with Crippen LogP contribution in [0.25, 0.3) is 0 Å². The Bertz CT molecular complexity index is 342. The van der Waals surface area contributed by atoms with Crippen molar-refractivity contribution in [3.8, 4) is 0 Å². The summed E-state index contributed by atoms with van der Waals surface area (Å²) in [7, 11) is 0. The fourth-order valence-corrected chi connectivity index (χ4v) is 0.944. The maximum atomic E-state index is 13.0. The van der Waals surface area contributed by atoms with Gasteiger partial charge in [-0.15, -0.1) is 0 Å². The highest BCUT2D eigenvalue weighted by molar-refractivity contribution is 5.94. The predicted octanol–water partition coefficient (Wildman–Crippen LogP) is 0.687. The van der Waals surface area contributed by atoms with Gasteiger partial charge < -0.3 is 10.4 Å². The van der Waals surface area contributed by atoms with E-state index in [4.69, 9.17) is 5.11 Å². The normalized spacial score (nSPS) is 9.93. The monoisotopic (exact) mass is 201 g/mol. The third-order valence-corrected chi connectivity index (χ3v) is 1.59. The standard InChI is InChI=1S/C9H9F2NO2/c10-7-3-1-2-6(8(7)11)9(14)12-4-5-13/h1-3,13H,4-5H2,(H,12,14). The van der Waals surface area contributed by atoms with Crippen molar-refractivity contribution in [2.75, 3.05) is 13.2 Å². The summed E-state index contributed by atoms with van der Waals surface area (Å²) in [4.78, 5) is 11.1. The van der Waals surface area contributed by atoms with Gasteiger partial charge in [-0.1, -0.05) is 6.07 Å². The van der Waals surface area contributed by atoms with Crippen LogP contribution in [0, 0.1) is 11.6 Å². The van der Waals surface area contributed by atoms with Gasteiger partial charge in [-0.25, -0.2) is 8.78 Å². The zero-order valence-corrected chi connectivity index (χ0v) is 7.26. The Hall–Kier alpha value is -1.49. The first kappa shape index (κ1) is 10.6. The van der Waals surface area contributed by atoms with Crippen LogP contribution in [0.15, 0.2) is 18.2 Å². The molecule has 0 atom stereocenters. The van der Waals surface area contributed by atoms with Crippen LogP contribution >= 0.6 is 0 Å². The molecule has 0 radical (unpaired) electrons. The van der Waals surface area contributed by atoms with Gasteiger partial charge in [-0.3, -0.25) is 4.79 Å². The van der Waals surface area contributed by atoms with E-state index in [-0.39, 0.29) is 18.7 Å². The van der Waals surface area contributed by atoms with Gasteiger partial charge in [0.1, 0.15) is 0 Å². The van der Waals surface area contributed by atoms with Gasteiger partial charge >= 0.3 is 0 Å². The average molecular weight is 201 g/mol. The van der Waals surface area contributed by atoms with Gasteiger partial charge in [-0.05, 0) is 12.1 Å². The van der Waals surface area contributed by atoms with Crippen molar-refractivity contribution in [1.29, 1.82) is 0 Å². The number of aliphatic hydroxyl groups excluding tert-OH is 1. The Morgan fingerprint density at radius 3 is 2.79 bits per heavy atom. The summed E-state index contributed by atoms with van der Waals surface area (Å²) in [6.45, 7) is -0.239. The molecule has 5 heteroatoms. The maximum absolute atomic E-state index is 13.0. The van der Waals surface area contributed by atoms with Gasteiger partial charge in [0.2, 0.25) is 0 Å². The lowest BCUT2D eigenvalue weighted by atomic mass is 10.2. The lowest BCUT2D eigenvalue weighted by molar-refractivity contribution is 0.0939. The summed E-state index contributed by atoms with van der Waals surface area (Å²) in [5.41, 5.74) is -0.363. The van der Waals surface area contributed by atoms with Gasteiger partial charge in [0.25, 0.3) is 5.91 Å². The van der Waals surface area contributed by atoms with Crippen molar-refractivity contribution >= 4 is 5.91 Å². The minimum atomic E-state index is -1.18. The molecule has 3 nitrogen and oxygen atoms in total. The third kappa shape index (κ3) is 2.26. The van der Waals surface area contributed by atoms with Crippen LogP contribution in [0.2, 0.25) is 0 Å². The van der Waals surface area contributed by atoms with Crippen LogP contribution in [0.3, 0.4) is 0 Å². The second-order valence-electron chi connectivity index (χ2n) is 2.58. The summed E-state index contributed by atoms with van der Waals surface area (Å²) < 4.78 is 25.6. The van der Waals surface area contributed by atoms with E-state index in [1.807, 2.05) is 0 Å². The van der Waals surface area contributed by atoms with E-state index >= 15 is 0 Å². The molecular weight excluding hydrogens is 192 g/mol. The predicted molar refractivity (Wildman–Crippen MR) is 45.8 cm³/mol. The molecular formula is C9H9F2NO2. The number of carbonyl (C=O) groups excluding carboxylic acids is 1. The molecule has 0 saturated heterocycles. The molecule has 1 aromatic rings. The topological polar surface area (TPSA) is 49.3 Å². The fraction of sp³-hybridized carbons (Fsp3) is 0.222. The fourth-order valence-electron chi connectivity index (χ4n) is 0.944. The Balaban J connectivity index is 2.84. The molecule has 0 unspecified atom stereocenters. The first-order valence-electron chi connectivity index (χ1n) is 4.00. The third-order valence-electron chi connectivity index (χ3n) is 1.59. The Kier molecular flexibility index (Phi) is 3.53. The highest BCUT2D eigenvalue weighted by Gasteiger charge is 2.13. The molecule has 0 heterocycles. The number of halogens is 2. The lowest BCUT2D eigenvalue weighted by Gasteiger charge is -2.04. The highest BCUT2D eigenvalue weighted by atomic mass is 19.2. The first-order valence-corrected chi connectivity index (χ1v) is 4.00. The molecule has 1 rings (SSSR count). The minimum Gasteiger partial charge on any atom is -0.395 e. The molecule has 76 valence electrons. The molecule has 14 heavy (non-hydrogen) atoms. The van der Waals surface area contributed by atoms with Crippen LogP contribution in [-0.4, -0.2) is 24.2 Å². The van der Waals surface area contributed by atoms with Gasteiger partial charge in [0, 0.05) is 6.54 Å². The van der Waals surface area contributed by atoms with E-state index in [2.05, 4.69) is 5.32 Å². The van der Waals surface area contributed by atoms with Gasteiger partial charge in [-0.2, -0.15) is 0 Å². The molecule has 2 N–H and O–H groups in total. The van der Waals surface area contributed by atoms with Crippen molar-refractivity contribution < 1.29 is 18.7 Å². The van der Waals surface area contributed by atoms with Crippen LogP contribution in [-0.2, 0) is 0 Å². The van der Waals surface area contributed by atoms with Crippen molar-refractivity contribution in [1.82, 2.24) is 5.32 Å². The molecule has 0 fully saturated rings. The lowest BCUT2D eigenvalue weighted by Crippen LogP contribution is -2.27.